The van der Waals surface area contributed by atoms with Crippen LogP contribution in [0.3, 0.4) is 0 Å². The minimum Gasteiger partial charge on any atom is -0.451 e. The van der Waals surface area contributed by atoms with Gasteiger partial charge in [-0.3, -0.25) is 4.57 Å². The van der Waals surface area contributed by atoms with Crippen molar-refractivity contribution in [2.24, 2.45) is 0 Å². The van der Waals surface area contributed by atoms with Crippen LogP contribution in [0.25, 0.3) is 0 Å². The van der Waals surface area contributed by atoms with Gasteiger partial charge < -0.3 is 4.52 Å². The Labute approximate surface area is 74.8 Å². The number of rotatable bonds is 6. The van der Waals surface area contributed by atoms with E-state index in [4.69, 9.17) is 4.52 Å². The molecule has 12 heavy (non-hydrogen) atoms. The standard InChI is InChI=1S/C9H17O2P/c1-4-7-8-9-11-12(10,5-2)6-3/h4,8-9H,1,5-7H2,2-3H3. The molecule has 0 saturated carbocycles. The van der Waals surface area contributed by atoms with Gasteiger partial charge in [0.15, 0.2) is 0 Å². The molecule has 0 saturated heterocycles. The fourth-order valence-corrected chi connectivity index (χ4v) is 1.73. The molecule has 0 fully saturated rings. The Bertz CT molecular complexity index is 189. The molecule has 3 heteroatoms. The van der Waals surface area contributed by atoms with Gasteiger partial charge >= 0.3 is 0 Å². The lowest BCUT2D eigenvalue weighted by molar-refractivity contribution is 0.441. The van der Waals surface area contributed by atoms with Crippen LogP contribution < -0.4 is 0 Å². The summed E-state index contributed by atoms with van der Waals surface area (Å²) in [6.07, 6.45) is 7.06. The molecule has 0 bridgehead atoms. The van der Waals surface area contributed by atoms with Crippen molar-refractivity contribution in [3.8, 4) is 0 Å². The van der Waals surface area contributed by atoms with Gasteiger partial charge in [-0.05, 0) is 12.5 Å². The molecule has 0 radical (unpaired) electrons. The SMILES string of the molecule is C=CCC=COP(=O)(CC)CC. The predicted octanol–water partition coefficient (Wildman–Crippen LogP) is 3.41. The molecule has 0 aliphatic heterocycles. The lowest BCUT2D eigenvalue weighted by Crippen LogP contribution is -1.89. The third-order valence-electron chi connectivity index (χ3n) is 1.62. The van der Waals surface area contributed by atoms with E-state index in [-0.39, 0.29) is 0 Å². The second-order valence-corrected chi connectivity index (χ2v) is 5.55. The van der Waals surface area contributed by atoms with Gasteiger partial charge in [0.2, 0.25) is 7.37 Å². The second kappa shape index (κ2) is 6.07. The fourth-order valence-electron chi connectivity index (χ4n) is 0.678. The van der Waals surface area contributed by atoms with E-state index in [0.717, 1.165) is 6.42 Å². The average Bonchev–Trinajstić information content (AvgIpc) is 2.12. The van der Waals surface area contributed by atoms with E-state index in [1.54, 1.807) is 6.08 Å². The van der Waals surface area contributed by atoms with Crippen LogP contribution in [-0.2, 0) is 9.09 Å². The molecule has 0 atom stereocenters. The summed E-state index contributed by atoms with van der Waals surface area (Å²) in [5.74, 6) is 0. The topological polar surface area (TPSA) is 26.3 Å². The smallest absolute Gasteiger partial charge is 0.246 e. The van der Waals surface area contributed by atoms with Crippen molar-refractivity contribution in [1.82, 2.24) is 0 Å². The molecule has 0 amide bonds. The lowest BCUT2D eigenvalue weighted by Gasteiger charge is -2.12. The Kier molecular flexibility index (Phi) is 5.83. The van der Waals surface area contributed by atoms with E-state index in [9.17, 15) is 4.57 Å². The summed E-state index contributed by atoms with van der Waals surface area (Å²) in [7, 11) is -2.34. The second-order valence-electron chi connectivity index (χ2n) is 2.45. The van der Waals surface area contributed by atoms with E-state index in [2.05, 4.69) is 6.58 Å². The molecule has 0 spiro atoms. The first kappa shape index (κ1) is 11.5. The minimum atomic E-state index is -2.34. The normalized spacial score (nSPS) is 11.8. The van der Waals surface area contributed by atoms with Crippen LogP contribution in [0.1, 0.15) is 20.3 Å². The zero-order chi connectivity index (χ0) is 9.45. The Morgan fingerprint density at radius 2 is 2.00 bits per heavy atom. The van der Waals surface area contributed by atoms with E-state index in [1.165, 1.54) is 6.26 Å². The summed E-state index contributed by atoms with van der Waals surface area (Å²) in [6.45, 7) is 7.32. The molecule has 0 N–H and O–H groups in total. The summed E-state index contributed by atoms with van der Waals surface area (Å²) in [5.41, 5.74) is 0. The van der Waals surface area contributed by atoms with Crippen molar-refractivity contribution in [2.45, 2.75) is 20.3 Å². The largest absolute Gasteiger partial charge is 0.451 e. The molecule has 0 aromatic rings. The lowest BCUT2D eigenvalue weighted by atomic mass is 10.4. The summed E-state index contributed by atoms with van der Waals surface area (Å²) in [4.78, 5) is 0. The van der Waals surface area contributed by atoms with Crippen LogP contribution in [0, 0.1) is 0 Å². The van der Waals surface area contributed by atoms with Crippen molar-refractivity contribution in [1.29, 1.82) is 0 Å². The van der Waals surface area contributed by atoms with Gasteiger partial charge in [-0.2, -0.15) is 0 Å². The maximum Gasteiger partial charge on any atom is 0.246 e. The maximum atomic E-state index is 11.6. The van der Waals surface area contributed by atoms with E-state index in [1.807, 2.05) is 19.9 Å². The highest BCUT2D eigenvalue weighted by Crippen LogP contribution is 2.45. The summed E-state index contributed by atoms with van der Waals surface area (Å²) >= 11 is 0. The van der Waals surface area contributed by atoms with Crippen LogP contribution in [0.5, 0.6) is 0 Å². The van der Waals surface area contributed by atoms with Gasteiger partial charge in [0.05, 0.1) is 6.26 Å². The van der Waals surface area contributed by atoms with Crippen LogP contribution in [-0.4, -0.2) is 12.3 Å². The first-order valence-corrected chi connectivity index (χ1v) is 6.20. The van der Waals surface area contributed by atoms with Crippen LogP contribution in [0.2, 0.25) is 0 Å². The molecule has 2 nitrogen and oxygen atoms in total. The third-order valence-corrected chi connectivity index (χ3v) is 4.05. The molecule has 0 heterocycles. The molecule has 0 aromatic carbocycles. The first-order valence-electron chi connectivity index (χ1n) is 4.21. The van der Waals surface area contributed by atoms with Gasteiger partial charge in [0, 0.05) is 12.3 Å². The molecular formula is C9H17O2P. The Morgan fingerprint density at radius 1 is 1.42 bits per heavy atom. The van der Waals surface area contributed by atoms with E-state index in [0.29, 0.717) is 12.3 Å². The Morgan fingerprint density at radius 3 is 2.42 bits per heavy atom. The maximum absolute atomic E-state index is 11.6. The molecule has 0 aromatic heterocycles. The zero-order valence-electron chi connectivity index (χ0n) is 7.82. The number of hydrogen-bond acceptors (Lipinski definition) is 2. The van der Waals surface area contributed by atoms with Crippen molar-refractivity contribution < 1.29 is 9.09 Å². The molecule has 0 unspecified atom stereocenters. The van der Waals surface area contributed by atoms with Crippen LogP contribution in [0.4, 0.5) is 0 Å². The fraction of sp³-hybridized carbons (Fsp3) is 0.556. The Hall–Kier alpha value is -0.490. The van der Waals surface area contributed by atoms with Gasteiger partial charge in [-0.25, -0.2) is 0 Å². The molecule has 0 rings (SSSR count). The highest BCUT2D eigenvalue weighted by atomic mass is 31.2. The van der Waals surface area contributed by atoms with Crippen molar-refractivity contribution in [3.63, 3.8) is 0 Å². The van der Waals surface area contributed by atoms with Gasteiger partial charge in [-0.1, -0.05) is 19.9 Å². The van der Waals surface area contributed by atoms with Crippen LogP contribution >= 0.6 is 7.37 Å². The quantitative estimate of drug-likeness (QED) is 0.362. The first-order chi connectivity index (χ1) is 5.68. The monoisotopic (exact) mass is 188 g/mol. The van der Waals surface area contributed by atoms with Crippen LogP contribution in [0.15, 0.2) is 25.0 Å². The third kappa shape index (κ3) is 4.40. The molecule has 70 valence electrons. The van der Waals surface area contributed by atoms with Gasteiger partial charge in [0.1, 0.15) is 0 Å². The summed E-state index contributed by atoms with van der Waals surface area (Å²) in [5, 5.41) is 0. The highest BCUT2D eigenvalue weighted by molar-refractivity contribution is 7.58. The van der Waals surface area contributed by atoms with E-state index < -0.39 is 7.37 Å². The van der Waals surface area contributed by atoms with E-state index >= 15 is 0 Å². The van der Waals surface area contributed by atoms with Crippen molar-refractivity contribution in [2.75, 3.05) is 12.3 Å². The zero-order valence-corrected chi connectivity index (χ0v) is 8.72. The minimum absolute atomic E-state index is 0.599. The molecule has 0 aliphatic carbocycles. The predicted molar refractivity (Wildman–Crippen MR) is 53.7 cm³/mol. The molecule has 0 aliphatic rings. The number of hydrogen-bond donors (Lipinski definition) is 0. The average molecular weight is 188 g/mol. The summed E-state index contributed by atoms with van der Waals surface area (Å²) < 4.78 is 16.8. The van der Waals surface area contributed by atoms with Gasteiger partial charge in [0.25, 0.3) is 0 Å². The van der Waals surface area contributed by atoms with Crippen molar-refractivity contribution in [3.05, 3.63) is 25.0 Å². The highest BCUT2D eigenvalue weighted by Gasteiger charge is 2.15. The Balaban J connectivity index is 3.88. The molecular weight excluding hydrogens is 171 g/mol. The number of allylic oxidation sites excluding steroid dienone is 2. The summed E-state index contributed by atoms with van der Waals surface area (Å²) in [6, 6.07) is 0. The van der Waals surface area contributed by atoms with Crippen molar-refractivity contribution >= 4 is 7.37 Å². The van der Waals surface area contributed by atoms with Gasteiger partial charge in [-0.15, -0.1) is 6.58 Å².